The molecule has 3 saturated heterocycles. The van der Waals surface area contributed by atoms with Gasteiger partial charge in [0.1, 0.15) is 11.7 Å². The van der Waals surface area contributed by atoms with Gasteiger partial charge in [-0.3, -0.25) is 9.63 Å². The number of para-hydroxylation sites is 1. The van der Waals surface area contributed by atoms with E-state index in [4.69, 9.17) is 21.2 Å². The number of carbonyl (C=O) groups excluding carboxylic acids is 4. The van der Waals surface area contributed by atoms with Gasteiger partial charge in [-0.2, -0.15) is 5.06 Å². The first-order valence-electron chi connectivity index (χ1n) is 18.6. The summed E-state index contributed by atoms with van der Waals surface area (Å²) in [5, 5.41) is 15.3. The van der Waals surface area contributed by atoms with Gasteiger partial charge in [-0.05, 0) is 99.5 Å². The van der Waals surface area contributed by atoms with Crippen molar-refractivity contribution in [3.05, 3.63) is 64.2 Å². The molecule has 3 fully saturated rings. The van der Waals surface area contributed by atoms with Gasteiger partial charge in [0.15, 0.2) is 6.10 Å². The van der Waals surface area contributed by atoms with Crippen LogP contribution in [0.15, 0.2) is 42.5 Å². The number of urea groups is 1. The van der Waals surface area contributed by atoms with E-state index in [1.807, 2.05) is 47.1 Å². The SMILES string of the molecule is CCON1CCC(C2CCN(C(=O)[C@@H](Cc3cc(C)c(O)c(Cl)c3)OC(=O)N3CCC(N4CCc5ccccc5NC4=O)CC3)CC2)CC1C=C=O. The van der Waals surface area contributed by atoms with Crippen LogP contribution in [0, 0.1) is 18.8 Å². The lowest BCUT2D eigenvalue weighted by Gasteiger charge is -2.42. The first-order valence-corrected chi connectivity index (χ1v) is 19.0. The molecule has 4 amide bonds. The number of nitrogens with zero attached hydrogens (tertiary/aromatic N) is 4. The number of halogens is 1. The maximum absolute atomic E-state index is 14.1. The number of ether oxygens (including phenoxy) is 1. The quantitative estimate of drug-likeness (QED) is 0.318. The van der Waals surface area contributed by atoms with E-state index in [1.165, 1.54) is 0 Å². The van der Waals surface area contributed by atoms with Crippen LogP contribution in [0.4, 0.5) is 15.3 Å². The Morgan fingerprint density at radius 1 is 1.02 bits per heavy atom. The summed E-state index contributed by atoms with van der Waals surface area (Å²) in [5.74, 6) is 2.47. The van der Waals surface area contributed by atoms with E-state index in [-0.39, 0.29) is 41.2 Å². The molecule has 2 unspecified atom stereocenters. The number of aromatic hydroxyl groups is 1. The Labute approximate surface area is 310 Å². The third kappa shape index (κ3) is 8.74. The van der Waals surface area contributed by atoms with E-state index in [0.717, 1.165) is 49.9 Å². The number of aryl methyl sites for hydroxylation is 1. The second-order valence-electron chi connectivity index (χ2n) is 14.4. The maximum atomic E-state index is 14.1. The fourth-order valence-electron chi connectivity index (χ4n) is 8.40. The molecule has 2 N–H and O–H groups in total. The van der Waals surface area contributed by atoms with Crippen LogP contribution in [0.25, 0.3) is 0 Å². The predicted molar refractivity (Wildman–Crippen MR) is 197 cm³/mol. The zero-order chi connectivity index (χ0) is 36.8. The third-order valence-corrected chi connectivity index (χ3v) is 11.6. The van der Waals surface area contributed by atoms with Crippen molar-refractivity contribution in [3.63, 3.8) is 0 Å². The number of carbonyl (C=O) groups is 3. The third-order valence-electron chi connectivity index (χ3n) is 11.3. The summed E-state index contributed by atoms with van der Waals surface area (Å²) in [7, 11) is 0. The molecule has 4 aliphatic rings. The molecule has 4 heterocycles. The minimum absolute atomic E-state index is 0.0182. The largest absolute Gasteiger partial charge is 0.506 e. The van der Waals surface area contributed by atoms with Crippen molar-refractivity contribution in [1.29, 1.82) is 0 Å². The molecule has 3 atom stereocenters. The fourth-order valence-corrected chi connectivity index (χ4v) is 8.69. The first-order chi connectivity index (χ1) is 25.1. The summed E-state index contributed by atoms with van der Waals surface area (Å²) < 4.78 is 6.04. The van der Waals surface area contributed by atoms with Gasteiger partial charge < -0.3 is 29.9 Å². The number of likely N-dealkylation sites (tertiary alicyclic amines) is 2. The highest BCUT2D eigenvalue weighted by Crippen LogP contribution is 2.36. The Balaban J connectivity index is 1.08. The van der Waals surface area contributed by atoms with Gasteiger partial charge in [-0.15, -0.1) is 0 Å². The number of fused-ring (bicyclic) bond motifs is 1. The number of nitrogens with one attached hydrogen (secondary N) is 1. The van der Waals surface area contributed by atoms with Crippen LogP contribution in [0.2, 0.25) is 5.02 Å². The number of hydrogen-bond acceptors (Lipinski definition) is 8. The summed E-state index contributed by atoms with van der Waals surface area (Å²) in [6.45, 7) is 7.44. The zero-order valence-electron chi connectivity index (χ0n) is 30.1. The number of phenolic OH excluding ortho intramolecular Hbond substituents is 1. The molecule has 280 valence electrons. The van der Waals surface area contributed by atoms with Crippen molar-refractivity contribution >= 4 is 41.3 Å². The summed E-state index contributed by atoms with van der Waals surface area (Å²) >= 11 is 6.30. The van der Waals surface area contributed by atoms with Crippen LogP contribution < -0.4 is 5.32 Å². The van der Waals surface area contributed by atoms with E-state index < -0.39 is 12.2 Å². The number of benzene rings is 2. The van der Waals surface area contributed by atoms with Crippen molar-refractivity contribution in [2.24, 2.45) is 11.8 Å². The Bertz CT molecular complexity index is 1630. The van der Waals surface area contributed by atoms with Crippen molar-refractivity contribution in [2.45, 2.75) is 83.4 Å². The average Bonchev–Trinajstić information content (AvgIpc) is 3.32. The molecule has 0 radical (unpaired) electrons. The minimum atomic E-state index is -1.08. The normalized spacial score (nSPS) is 22.5. The Morgan fingerprint density at radius 2 is 1.73 bits per heavy atom. The molecular weight excluding hydrogens is 686 g/mol. The number of amides is 4. The molecule has 12 nitrogen and oxygen atoms in total. The van der Waals surface area contributed by atoms with E-state index in [2.05, 4.69) is 5.32 Å². The van der Waals surface area contributed by atoms with Gasteiger partial charge in [0.2, 0.25) is 0 Å². The van der Waals surface area contributed by atoms with E-state index in [9.17, 15) is 24.3 Å². The van der Waals surface area contributed by atoms with Crippen LogP contribution in [-0.2, 0) is 32.0 Å². The van der Waals surface area contributed by atoms with Crippen LogP contribution in [0.3, 0.4) is 0 Å². The van der Waals surface area contributed by atoms with Gasteiger partial charge in [0.05, 0.1) is 17.7 Å². The molecule has 6 rings (SSSR count). The lowest BCUT2D eigenvalue weighted by molar-refractivity contribution is -0.192. The van der Waals surface area contributed by atoms with Crippen LogP contribution in [0.5, 0.6) is 5.75 Å². The molecule has 2 aromatic carbocycles. The Morgan fingerprint density at radius 3 is 2.44 bits per heavy atom. The molecule has 0 bridgehead atoms. The van der Waals surface area contributed by atoms with Gasteiger partial charge in [-0.25, -0.2) is 14.4 Å². The monoisotopic (exact) mass is 735 g/mol. The number of phenols is 1. The molecule has 0 spiro atoms. The summed E-state index contributed by atoms with van der Waals surface area (Å²) in [5.41, 5.74) is 3.20. The highest BCUT2D eigenvalue weighted by atomic mass is 35.5. The average molecular weight is 736 g/mol. The second-order valence-corrected chi connectivity index (χ2v) is 14.8. The van der Waals surface area contributed by atoms with E-state index >= 15 is 0 Å². The summed E-state index contributed by atoms with van der Waals surface area (Å²) in [4.78, 5) is 63.2. The minimum Gasteiger partial charge on any atom is -0.506 e. The molecular formula is C39H50ClN5O7. The molecule has 0 aliphatic carbocycles. The van der Waals surface area contributed by atoms with Crippen LogP contribution >= 0.6 is 11.6 Å². The Hall–Kier alpha value is -4.09. The van der Waals surface area contributed by atoms with Crippen molar-refractivity contribution < 1.29 is 33.9 Å². The first kappa shape index (κ1) is 37.7. The molecule has 2 aromatic rings. The second kappa shape index (κ2) is 17.2. The van der Waals surface area contributed by atoms with Crippen molar-refractivity contribution in [2.75, 3.05) is 51.2 Å². The highest BCUT2D eigenvalue weighted by Gasteiger charge is 2.38. The summed E-state index contributed by atoms with van der Waals surface area (Å²) in [6.07, 6.45) is 5.38. The predicted octanol–water partition coefficient (Wildman–Crippen LogP) is 5.61. The summed E-state index contributed by atoms with van der Waals surface area (Å²) in [6, 6.07) is 10.9. The lowest BCUT2D eigenvalue weighted by Crippen LogP contribution is -2.52. The molecule has 4 aliphatic heterocycles. The van der Waals surface area contributed by atoms with E-state index in [0.29, 0.717) is 75.1 Å². The molecule has 0 saturated carbocycles. The highest BCUT2D eigenvalue weighted by molar-refractivity contribution is 6.32. The molecule has 0 aromatic heterocycles. The topological polar surface area (TPSA) is 132 Å². The van der Waals surface area contributed by atoms with Crippen molar-refractivity contribution in [3.8, 4) is 5.75 Å². The molecule has 52 heavy (non-hydrogen) atoms. The lowest BCUT2D eigenvalue weighted by atomic mass is 9.77. The number of anilines is 1. The number of rotatable bonds is 9. The smallest absolute Gasteiger partial charge is 0.410 e. The zero-order valence-corrected chi connectivity index (χ0v) is 30.9. The van der Waals surface area contributed by atoms with Gasteiger partial charge in [-0.1, -0.05) is 35.9 Å². The standard InChI is InChI=1S/C39H50ClN5O7/c1-3-51-45-20-11-30(25-32(45)14-21-46)28-8-15-42(16-9-28)37(48)35(24-27-22-26(2)36(47)33(40)23-27)52-39(50)43-17-12-31(13-18-43)44-19-10-29-6-4-5-7-34(29)41-38(44)49/h4-7,14,22-23,28,30-32,35,47H,3,8-13,15-20,24-25H2,1-2H3,(H,41,49)/t30?,32?,35-/m1/s1. The van der Waals surface area contributed by atoms with Crippen LogP contribution in [-0.4, -0.2) is 113 Å². The van der Waals surface area contributed by atoms with Crippen LogP contribution in [0.1, 0.15) is 62.1 Å². The van der Waals surface area contributed by atoms with Gasteiger partial charge in [0.25, 0.3) is 5.91 Å². The number of hydroxylamine groups is 2. The maximum Gasteiger partial charge on any atom is 0.410 e. The fraction of sp³-hybridized carbons (Fsp3) is 0.564. The van der Waals surface area contributed by atoms with Gasteiger partial charge in [0, 0.05) is 63.5 Å². The number of hydrogen-bond donors (Lipinski definition) is 2. The van der Waals surface area contributed by atoms with Crippen molar-refractivity contribution in [1.82, 2.24) is 19.8 Å². The van der Waals surface area contributed by atoms with Gasteiger partial charge >= 0.3 is 12.1 Å². The number of piperidine rings is 3. The molecule has 13 heteroatoms. The van der Waals surface area contributed by atoms with E-state index in [1.54, 1.807) is 34.9 Å². The Kier molecular flexibility index (Phi) is 12.4.